The van der Waals surface area contributed by atoms with Crippen LogP contribution in [0, 0.1) is 17.8 Å². The molecule has 2 aromatic carbocycles. The van der Waals surface area contributed by atoms with Crippen LogP contribution in [0.5, 0.6) is 5.75 Å². The van der Waals surface area contributed by atoms with Crippen molar-refractivity contribution in [3.05, 3.63) is 75.8 Å². The molecule has 6 rings (SSSR count). The van der Waals surface area contributed by atoms with Crippen LogP contribution in [0.3, 0.4) is 0 Å². The van der Waals surface area contributed by atoms with Gasteiger partial charge in [-0.15, -0.1) is 0 Å². The summed E-state index contributed by atoms with van der Waals surface area (Å²) in [4.78, 5) is 40.9. The average molecular weight is 515 g/mol. The highest BCUT2D eigenvalue weighted by Crippen LogP contribution is 2.50. The van der Waals surface area contributed by atoms with Crippen LogP contribution in [-0.4, -0.2) is 50.8 Å². The summed E-state index contributed by atoms with van der Waals surface area (Å²) in [6.45, 7) is 3.14. The molecule has 5 N–H and O–H groups in total. The van der Waals surface area contributed by atoms with Gasteiger partial charge in [-0.1, -0.05) is 30.3 Å². The lowest BCUT2D eigenvalue weighted by molar-refractivity contribution is -0.126. The summed E-state index contributed by atoms with van der Waals surface area (Å²) in [7, 11) is 0. The minimum absolute atomic E-state index is 0.0228. The fraction of sp³-hybridized carbons (Fsp3) is 0.367. The molecule has 0 aromatic heterocycles. The van der Waals surface area contributed by atoms with E-state index in [4.69, 9.17) is 5.73 Å². The minimum Gasteiger partial charge on any atom is -0.511 e. The first-order valence-electron chi connectivity index (χ1n) is 13.1. The number of aliphatic hydroxyl groups excluding tert-OH is 2. The van der Waals surface area contributed by atoms with E-state index in [9.17, 15) is 29.7 Å². The Balaban J connectivity index is 1.37. The first-order valence-corrected chi connectivity index (χ1v) is 13.1. The molecule has 3 unspecified atom stereocenters. The number of nitrogens with zero attached hydrogens (tertiary/aromatic N) is 1. The van der Waals surface area contributed by atoms with Gasteiger partial charge >= 0.3 is 0 Å². The van der Waals surface area contributed by atoms with Crippen LogP contribution in [0.25, 0.3) is 11.1 Å². The highest BCUT2D eigenvalue weighted by Gasteiger charge is 2.50. The van der Waals surface area contributed by atoms with E-state index in [1.807, 2.05) is 18.2 Å². The number of rotatable bonds is 4. The van der Waals surface area contributed by atoms with Crippen molar-refractivity contribution in [2.24, 2.45) is 23.5 Å². The fourth-order valence-electron chi connectivity index (χ4n) is 6.90. The summed E-state index contributed by atoms with van der Waals surface area (Å²) in [5, 5.41) is 32.2. The molecule has 8 heteroatoms. The molecule has 8 nitrogen and oxygen atoms in total. The van der Waals surface area contributed by atoms with Crippen LogP contribution in [0.15, 0.2) is 59.1 Å². The van der Waals surface area contributed by atoms with Crippen LogP contribution < -0.4 is 5.73 Å². The highest BCUT2D eigenvalue weighted by atomic mass is 16.3. The average Bonchev–Trinajstić information content (AvgIpc) is 3.37. The number of fused-ring (bicyclic) bond motifs is 3. The number of aromatic hydroxyl groups is 1. The van der Waals surface area contributed by atoms with E-state index < -0.39 is 34.9 Å². The number of nitrogens with two attached hydrogens (primary N) is 1. The van der Waals surface area contributed by atoms with Gasteiger partial charge in [-0.2, -0.15) is 0 Å². The number of ketones is 2. The number of primary amides is 1. The largest absolute Gasteiger partial charge is 0.511 e. The molecule has 4 aliphatic rings. The molecule has 1 aliphatic heterocycles. The van der Waals surface area contributed by atoms with E-state index in [0.717, 1.165) is 30.8 Å². The zero-order valence-corrected chi connectivity index (χ0v) is 20.9. The zero-order valence-electron chi connectivity index (χ0n) is 20.9. The number of carbonyl (C=O) groups excluding carboxylic acids is 3. The summed E-state index contributed by atoms with van der Waals surface area (Å²) >= 11 is 0. The normalized spacial score (nSPS) is 25.3. The van der Waals surface area contributed by atoms with E-state index in [2.05, 4.69) is 17.0 Å². The second-order valence-electron chi connectivity index (χ2n) is 10.9. The maximum Gasteiger partial charge on any atom is 0.255 e. The Labute approximate surface area is 220 Å². The molecule has 0 saturated carbocycles. The molecule has 1 heterocycles. The third-order valence-electron chi connectivity index (χ3n) is 8.64. The van der Waals surface area contributed by atoms with Gasteiger partial charge in [0.2, 0.25) is 0 Å². The summed E-state index contributed by atoms with van der Waals surface area (Å²) in [6, 6.07) is 11.6. The smallest absolute Gasteiger partial charge is 0.255 e. The molecule has 196 valence electrons. The Morgan fingerprint density at radius 3 is 2.37 bits per heavy atom. The van der Waals surface area contributed by atoms with E-state index >= 15 is 0 Å². The molecule has 0 spiro atoms. The van der Waals surface area contributed by atoms with E-state index in [-0.39, 0.29) is 40.7 Å². The first kappa shape index (κ1) is 24.4. The molecule has 1 amide bonds. The number of benzene rings is 2. The Bertz CT molecular complexity index is 1430. The maximum absolute atomic E-state index is 13.7. The number of Topliss-reactive ketones (excluding diaryl/α,β-unsaturated/α-hetero) is 2. The third kappa shape index (κ3) is 3.82. The van der Waals surface area contributed by atoms with Crippen LogP contribution in [-0.2, 0) is 22.6 Å². The van der Waals surface area contributed by atoms with Gasteiger partial charge in [-0.25, -0.2) is 0 Å². The van der Waals surface area contributed by atoms with Gasteiger partial charge in [-0.3, -0.25) is 19.3 Å². The number of hydrogen-bond acceptors (Lipinski definition) is 7. The molecule has 3 aliphatic carbocycles. The second kappa shape index (κ2) is 9.13. The van der Waals surface area contributed by atoms with E-state index in [1.54, 1.807) is 0 Å². The van der Waals surface area contributed by atoms with Crippen molar-refractivity contribution >= 4 is 17.5 Å². The lowest BCUT2D eigenvalue weighted by atomic mass is 9.62. The Hall–Kier alpha value is -3.91. The zero-order chi connectivity index (χ0) is 26.7. The number of phenolic OH excluding ortho intramolecular Hbond substituents is 1. The van der Waals surface area contributed by atoms with Gasteiger partial charge in [0.05, 0.1) is 11.5 Å². The SMILES string of the molecule is NC(=O)C1=C(O)CC2CC3Cc4c(-c5ccc(CN6CCCC6)cc5)ccc(O)c4C(=O)C3=C(O)C2C1=O. The predicted octanol–water partition coefficient (Wildman–Crippen LogP) is 3.73. The number of likely N-dealkylation sites (tertiary alicyclic amines) is 1. The Morgan fingerprint density at radius 1 is 0.974 bits per heavy atom. The van der Waals surface area contributed by atoms with Gasteiger partial charge in [0.15, 0.2) is 11.6 Å². The van der Waals surface area contributed by atoms with Crippen molar-refractivity contribution in [2.45, 2.75) is 38.6 Å². The number of allylic oxidation sites excluding steroid dienone is 3. The second-order valence-corrected chi connectivity index (χ2v) is 10.9. The monoisotopic (exact) mass is 514 g/mol. The number of aliphatic hydroxyl groups is 2. The topological polar surface area (TPSA) is 141 Å². The summed E-state index contributed by atoms with van der Waals surface area (Å²) in [6.07, 6.45) is 3.26. The molecule has 38 heavy (non-hydrogen) atoms. The quantitative estimate of drug-likeness (QED) is 0.456. The van der Waals surface area contributed by atoms with Crippen molar-refractivity contribution in [3.63, 3.8) is 0 Å². The van der Waals surface area contributed by atoms with Gasteiger partial charge in [-0.05, 0) is 78.9 Å². The molecule has 2 aromatic rings. The minimum atomic E-state index is -1.11. The Morgan fingerprint density at radius 2 is 1.68 bits per heavy atom. The molecule has 1 fully saturated rings. The van der Waals surface area contributed by atoms with Crippen LogP contribution >= 0.6 is 0 Å². The standard InChI is InChI=1S/C30H30N2O6/c31-30(38)26-22(34)13-18-11-17-12-20-19(16-5-3-15(4-6-16)14-32-9-1-2-10-32)7-8-21(33)25(20)28(36)23(17)27(35)24(18)29(26)37/h3-8,17-18,24,33-35H,1-2,9-14H2,(H2,31,38). The molecular weight excluding hydrogens is 484 g/mol. The van der Waals surface area contributed by atoms with Crippen molar-refractivity contribution in [2.75, 3.05) is 13.1 Å². The molecular formula is C30H30N2O6. The van der Waals surface area contributed by atoms with Gasteiger partial charge in [0, 0.05) is 18.5 Å². The number of phenols is 1. The molecule has 1 saturated heterocycles. The lowest BCUT2D eigenvalue weighted by Gasteiger charge is -2.41. The Kier molecular flexibility index (Phi) is 5.87. The van der Waals surface area contributed by atoms with E-state index in [0.29, 0.717) is 18.4 Å². The van der Waals surface area contributed by atoms with Gasteiger partial charge in [0.1, 0.15) is 22.8 Å². The fourth-order valence-corrected chi connectivity index (χ4v) is 6.90. The third-order valence-corrected chi connectivity index (χ3v) is 8.64. The van der Waals surface area contributed by atoms with Crippen molar-refractivity contribution in [3.8, 4) is 16.9 Å². The number of amides is 1. The van der Waals surface area contributed by atoms with Crippen molar-refractivity contribution in [1.29, 1.82) is 0 Å². The summed E-state index contributed by atoms with van der Waals surface area (Å²) in [5.74, 6) is -5.21. The summed E-state index contributed by atoms with van der Waals surface area (Å²) in [5.41, 5.74) is 8.74. The highest BCUT2D eigenvalue weighted by molar-refractivity contribution is 6.22. The van der Waals surface area contributed by atoms with Crippen LogP contribution in [0.2, 0.25) is 0 Å². The molecule has 0 bridgehead atoms. The van der Waals surface area contributed by atoms with Crippen LogP contribution in [0.4, 0.5) is 0 Å². The van der Waals surface area contributed by atoms with Gasteiger partial charge < -0.3 is 21.1 Å². The van der Waals surface area contributed by atoms with Crippen molar-refractivity contribution in [1.82, 2.24) is 4.90 Å². The maximum atomic E-state index is 13.7. The number of carbonyl (C=O) groups is 3. The molecule has 0 radical (unpaired) electrons. The summed E-state index contributed by atoms with van der Waals surface area (Å²) < 4.78 is 0. The van der Waals surface area contributed by atoms with Gasteiger partial charge in [0.25, 0.3) is 5.91 Å². The van der Waals surface area contributed by atoms with Crippen molar-refractivity contribution < 1.29 is 29.7 Å². The predicted molar refractivity (Wildman–Crippen MR) is 139 cm³/mol. The lowest BCUT2D eigenvalue weighted by Crippen LogP contribution is -2.43. The number of hydrogen-bond donors (Lipinski definition) is 4. The first-order chi connectivity index (χ1) is 18.2. The molecule has 3 atom stereocenters. The van der Waals surface area contributed by atoms with E-state index in [1.165, 1.54) is 24.5 Å². The van der Waals surface area contributed by atoms with Crippen LogP contribution in [0.1, 0.15) is 47.2 Å².